The van der Waals surface area contributed by atoms with E-state index in [-0.39, 0.29) is 18.0 Å². The van der Waals surface area contributed by atoms with Crippen LogP contribution in [0.2, 0.25) is 0 Å². The fourth-order valence-electron chi connectivity index (χ4n) is 4.20. The fourth-order valence-corrected chi connectivity index (χ4v) is 4.20. The van der Waals surface area contributed by atoms with Crippen molar-refractivity contribution in [3.8, 4) is 0 Å². The van der Waals surface area contributed by atoms with Gasteiger partial charge in [0.15, 0.2) is 0 Å². The highest BCUT2D eigenvalue weighted by Crippen LogP contribution is 2.52. The van der Waals surface area contributed by atoms with E-state index >= 15 is 0 Å². The van der Waals surface area contributed by atoms with Gasteiger partial charge >= 0.3 is 5.97 Å². The third-order valence-corrected chi connectivity index (χ3v) is 5.41. The second kappa shape index (κ2) is 6.30. The predicted molar refractivity (Wildman–Crippen MR) is 91.5 cm³/mol. The molecule has 1 aromatic carbocycles. The number of amides is 1. The van der Waals surface area contributed by atoms with Crippen molar-refractivity contribution in [1.29, 1.82) is 0 Å². The molecule has 0 N–H and O–H groups in total. The lowest BCUT2D eigenvalue weighted by molar-refractivity contribution is -0.154. The van der Waals surface area contributed by atoms with Crippen molar-refractivity contribution in [2.75, 3.05) is 13.2 Å². The molecule has 0 radical (unpaired) electrons. The monoisotopic (exact) mass is 341 g/mol. The average molecular weight is 341 g/mol. The van der Waals surface area contributed by atoms with Crippen LogP contribution in [0, 0.1) is 11.8 Å². The number of hydrogen-bond acceptors (Lipinski definition) is 4. The fraction of sp³-hybridized carbons (Fsp3) is 0.500. The maximum Gasteiger partial charge on any atom is 0.312 e. The minimum atomic E-state index is -0.662. The lowest BCUT2D eigenvalue weighted by atomic mass is 9.77. The van der Waals surface area contributed by atoms with E-state index in [1.807, 2.05) is 49.4 Å². The van der Waals surface area contributed by atoms with E-state index in [0.717, 1.165) is 18.4 Å². The van der Waals surface area contributed by atoms with Gasteiger partial charge in [0, 0.05) is 6.54 Å². The largest absolute Gasteiger partial charge is 0.465 e. The number of hydrogen-bond donors (Lipinski definition) is 0. The van der Waals surface area contributed by atoms with Gasteiger partial charge in [0.05, 0.1) is 25.2 Å². The zero-order chi connectivity index (χ0) is 17.4. The van der Waals surface area contributed by atoms with Crippen molar-refractivity contribution in [3.05, 3.63) is 48.0 Å². The predicted octanol–water partition coefficient (Wildman–Crippen LogP) is 2.31. The van der Waals surface area contributed by atoms with E-state index in [2.05, 4.69) is 0 Å². The molecule has 2 bridgehead atoms. The van der Waals surface area contributed by atoms with Crippen LogP contribution in [-0.2, 0) is 25.6 Å². The molecule has 2 saturated heterocycles. The van der Waals surface area contributed by atoms with Crippen LogP contribution < -0.4 is 0 Å². The van der Waals surface area contributed by atoms with Gasteiger partial charge in [0.25, 0.3) is 0 Å². The number of nitrogens with zero attached hydrogens (tertiary/aromatic N) is 1. The number of benzene rings is 1. The molecular weight excluding hydrogens is 318 g/mol. The van der Waals surface area contributed by atoms with Crippen molar-refractivity contribution in [2.45, 2.75) is 38.0 Å². The minimum Gasteiger partial charge on any atom is -0.465 e. The number of rotatable bonds is 6. The molecule has 3 heterocycles. The highest BCUT2D eigenvalue weighted by Gasteiger charge is 2.67. The van der Waals surface area contributed by atoms with E-state index in [1.165, 1.54) is 0 Å². The van der Waals surface area contributed by atoms with Gasteiger partial charge in [-0.15, -0.1) is 0 Å². The number of carbonyl (C=O) groups is 2. The van der Waals surface area contributed by atoms with Crippen molar-refractivity contribution >= 4 is 11.9 Å². The number of likely N-dealkylation sites (tertiary alicyclic amines) is 1. The number of esters is 1. The molecule has 1 aromatic rings. The zero-order valence-corrected chi connectivity index (χ0v) is 14.4. The molecule has 5 heteroatoms. The third-order valence-electron chi connectivity index (χ3n) is 5.41. The van der Waals surface area contributed by atoms with E-state index in [9.17, 15) is 9.59 Å². The molecule has 0 saturated carbocycles. The summed E-state index contributed by atoms with van der Waals surface area (Å²) in [6, 6.07) is 9.89. The molecular formula is C20H23NO4. The van der Waals surface area contributed by atoms with Crippen LogP contribution in [0.4, 0.5) is 0 Å². The van der Waals surface area contributed by atoms with Crippen LogP contribution in [0.1, 0.15) is 25.3 Å². The Balaban J connectivity index is 1.52. The Morgan fingerprint density at radius 3 is 2.92 bits per heavy atom. The third kappa shape index (κ3) is 2.67. The summed E-state index contributed by atoms with van der Waals surface area (Å²) in [5, 5.41) is 0. The molecule has 4 rings (SSSR count). The summed E-state index contributed by atoms with van der Waals surface area (Å²) in [4.78, 5) is 27.4. The Morgan fingerprint density at radius 2 is 2.16 bits per heavy atom. The van der Waals surface area contributed by atoms with Crippen LogP contribution in [0.5, 0.6) is 0 Å². The molecule has 3 aliphatic rings. The first-order valence-corrected chi connectivity index (χ1v) is 9.01. The number of fused-ring (bicyclic) bond motifs is 1. The van der Waals surface area contributed by atoms with E-state index < -0.39 is 17.4 Å². The Hall–Kier alpha value is -2.14. The average Bonchev–Trinajstić information content (AvgIpc) is 3.25. The molecule has 0 unspecified atom stereocenters. The molecule has 1 amide bonds. The lowest BCUT2D eigenvalue weighted by Crippen LogP contribution is -2.40. The summed E-state index contributed by atoms with van der Waals surface area (Å²) < 4.78 is 11.5. The van der Waals surface area contributed by atoms with Crippen LogP contribution in [-0.4, -0.2) is 41.6 Å². The number of unbranched alkanes of at least 4 members (excludes halogenated alkanes) is 1. The maximum atomic E-state index is 13.0. The first-order chi connectivity index (χ1) is 12.1. The quantitative estimate of drug-likeness (QED) is 0.453. The molecule has 25 heavy (non-hydrogen) atoms. The Morgan fingerprint density at radius 1 is 1.36 bits per heavy atom. The molecule has 3 aliphatic heterocycles. The van der Waals surface area contributed by atoms with Crippen LogP contribution in [0.15, 0.2) is 42.5 Å². The minimum absolute atomic E-state index is 0.00635. The Labute approximate surface area is 147 Å². The lowest BCUT2D eigenvalue weighted by Gasteiger charge is -2.22. The molecule has 2 fully saturated rings. The molecule has 132 valence electrons. The topological polar surface area (TPSA) is 55.8 Å². The van der Waals surface area contributed by atoms with E-state index in [1.54, 1.807) is 4.90 Å². The van der Waals surface area contributed by atoms with Crippen LogP contribution in [0.25, 0.3) is 0 Å². The first-order valence-electron chi connectivity index (χ1n) is 9.01. The number of ether oxygens (including phenoxy) is 2. The zero-order valence-electron chi connectivity index (χ0n) is 14.4. The smallest absolute Gasteiger partial charge is 0.312 e. The first kappa shape index (κ1) is 16.3. The van der Waals surface area contributed by atoms with Crippen molar-refractivity contribution in [1.82, 2.24) is 4.90 Å². The second-order valence-corrected chi connectivity index (χ2v) is 7.10. The van der Waals surface area contributed by atoms with Gasteiger partial charge in [0.1, 0.15) is 11.5 Å². The molecule has 4 atom stereocenters. The van der Waals surface area contributed by atoms with E-state index in [0.29, 0.717) is 19.7 Å². The summed E-state index contributed by atoms with van der Waals surface area (Å²) in [6.07, 6.45) is 5.36. The van der Waals surface area contributed by atoms with Gasteiger partial charge in [-0.3, -0.25) is 9.59 Å². The van der Waals surface area contributed by atoms with Crippen molar-refractivity contribution in [2.24, 2.45) is 11.8 Å². The Kier molecular flexibility index (Phi) is 4.12. The summed E-state index contributed by atoms with van der Waals surface area (Å²) in [5.41, 5.74) is 0.415. The van der Waals surface area contributed by atoms with Gasteiger partial charge in [0.2, 0.25) is 5.91 Å². The van der Waals surface area contributed by atoms with Crippen molar-refractivity contribution < 1.29 is 19.1 Å². The number of carbonyl (C=O) groups excluding carboxylic acids is 2. The normalized spacial score (nSPS) is 32.3. The highest BCUT2D eigenvalue weighted by molar-refractivity contribution is 5.91. The maximum absolute atomic E-state index is 13.0. The van der Waals surface area contributed by atoms with Gasteiger partial charge in [-0.2, -0.15) is 0 Å². The molecule has 0 aliphatic carbocycles. The van der Waals surface area contributed by atoms with E-state index in [4.69, 9.17) is 9.47 Å². The van der Waals surface area contributed by atoms with Crippen molar-refractivity contribution in [3.63, 3.8) is 0 Å². The highest BCUT2D eigenvalue weighted by atomic mass is 16.6. The van der Waals surface area contributed by atoms with Gasteiger partial charge in [-0.25, -0.2) is 0 Å². The van der Waals surface area contributed by atoms with Gasteiger partial charge < -0.3 is 14.4 Å². The Bertz CT molecular complexity index is 701. The summed E-state index contributed by atoms with van der Waals surface area (Å²) in [5.74, 6) is -1.28. The molecule has 1 spiro atoms. The summed E-state index contributed by atoms with van der Waals surface area (Å²) >= 11 is 0. The molecule has 0 aromatic heterocycles. The van der Waals surface area contributed by atoms with Crippen LogP contribution in [0.3, 0.4) is 0 Å². The summed E-state index contributed by atoms with van der Waals surface area (Å²) in [7, 11) is 0. The van der Waals surface area contributed by atoms with Gasteiger partial charge in [-0.05, 0) is 12.0 Å². The SMILES string of the molecule is CCCCOC(=O)[C@@H]1[C@H]2C=C[C@@]3(CN(Cc4ccccc4)C(=O)[C@@H]13)O2. The van der Waals surface area contributed by atoms with Gasteiger partial charge in [-0.1, -0.05) is 55.8 Å². The van der Waals surface area contributed by atoms with Crippen LogP contribution >= 0.6 is 0 Å². The standard InChI is InChI=1S/C20H23NO4/c1-2-3-11-24-19(23)16-15-9-10-20(25-15)13-21(18(22)17(16)20)12-14-7-5-4-6-8-14/h4-10,15-17H,2-3,11-13H2,1H3/t15-,16-,17-,20+/m1/s1. The second-order valence-electron chi connectivity index (χ2n) is 7.10. The summed E-state index contributed by atoms with van der Waals surface area (Å²) in [6.45, 7) is 3.49. The molecule has 5 nitrogen and oxygen atoms in total.